The molecule has 102 valence electrons. The highest BCUT2D eigenvalue weighted by molar-refractivity contribution is 5.93. The van der Waals surface area contributed by atoms with Crippen LogP contribution in [0.4, 0.5) is 10.5 Å². The van der Waals surface area contributed by atoms with Gasteiger partial charge in [-0.1, -0.05) is 30.3 Å². The zero-order valence-electron chi connectivity index (χ0n) is 11.0. The van der Waals surface area contributed by atoms with Gasteiger partial charge in [0, 0.05) is 0 Å². The molecule has 1 saturated heterocycles. The third kappa shape index (κ3) is 2.08. The third-order valence-electron chi connectivity index (χ3n) is 3.35. The molecular weight excluding hydrogens is 254 g/mol. The van der Waals surface area contributed by atoms with Crippen LogP contribution in [0.15, 0.2) is 54.6 Å². The van der Waals surface area contributed by atoms with Gasteiger partial charge in [-0.25, -0.2) is 9.80 Å². The first-order valence-electron chi connectivity index (χ1n) is 6.33. The molecule has 0 unspecified atom stereocenters. The Hall–Kier alpha value is -2.53. The zero-order chi connectivity index (χ0) is 14.2. The molecule has 1 heterocycles. The molecule has 0 bridgehead atoms. The summed E-state index contributed by atoms with van der Waals surface area (Å²) in [4.78, 5) is 12.1. The molecule has 0 spiro atoms. The maximum absolute atomic E-state index is 12.1. The third-order valence-corrected chi connectivity index (χ3v) is 3.35. The standard InChI is InChI=1S/C15H15N3O2/c1-15(11-7-9-13(19)10-8-11)16-14(20)18(17-15)12-5-3-2-4-6-12/h2-10,17,19H,1H3,(H,16,20)/t15-/m0/s1. The van der Waals surface area contributed by atoms with E-state index in [4.69, 9.17) is 0 Å². The molecule has 20 heavy (non-hydrogen) atoms. The number of para-hydroxylation sites is 1. The molecular formula is C15H15N3O2. The quantitative estimate of drug-likeness (QED) is 0.783. The summed E-state index contributed by atoms with van der Waals surface area (Å²) < 4.78 is 0. The Bertz CT molecular complexity index is 627. The van der Waals surface area contributed by atoms with Crippen LogP contribution in [-0.4, -0.2) is 11.1 Å². The molecule has 3 N–H and O–H groups in total. The summed E-state index contributed by atoms with van der Waals surface area (Å²) in [5, 5.41) is 13.7. The highest BCUT2D eigenvalue weighted by Gasteiger charge is 2.40. The number of anilines is 1. The second-order valence-corrected chi connectivity index (χ2v) is 4.88. The predicted molar refractivity (Wildman–Crippen MR) is 76.0 cm³/mol. The van der Waals surface area contributed by atoms with Gasteiger partial charge in [-0.15, -0.1) is 0 Å². The van der Waals surface area contributed by atoms with Gasteiger partial charge >= 0.3 is 6.03 Å². The molecule has 2 amide bonds. The fourth-order valence-electron chi connectivity index (χ4n) is 2.26. The highest BCUT2D eigenvalue weighted by Crippen LogP contribution is 2.27. The maximum atomic E-state index is 12.1. The second-order valence-electron chi connectivity index (χ2n) is 4.88. The van der Waals surface area contributed by atoms with Crippen molar-refractivity contribution in [1.82, 2.24) is 10.7 Å². The van der Waals surface area contributed by atoms with Crippen molar-refractivity contribution in [2.24, 2.45) is 0 Å². The van der Waals surface area contributed by atoms with E-state index in [0.29, 0.717) is 0 Å². The van der Waals surface area contributed by atoms with E-state index in [9.17, 15) is 9.90 Å². The average Bonchev–Trinajstić information content (AvgIpc) is 2.77. The molecule has 1 aliphatic heterocycles. The van der Waals surface area contributed by atoms with Gasteiger partial charge in [0.1, 0.15) is 11.4 Å². The highest BCUT2D eigenvalue weighted by atomic mass is 16.3. The molecule has 1 fully saturated rings. The van der Waals surface area contributed by atoms with Crippen LogP contribution in [0.2, 0.25) is 0 Å². The number of benzene rings is 2. The lowest BCUT2D eigenvalue weighted by atomic mass is 10.0. The average molecular weight is 269 g/mol. The van der Waals surface area contributed by atoms with Gasteiger partial charge in [0.05, 0.1) is 5.69 Å². The molecule has 0 aliphatic carbocycles. The van der Waals surface area contributed by atoms with Gasteiger partial charge in [-0.05, 0) is 36.8 Å². The SMILES string of the molecule is C[C@]1(c2ccc(O)cc2)NC(=O)N(c2ccccc2)N1. The number of urea groups is 1. The van der Waals surface area contributed by atoms with Gasteiger partial charge in [0.15, 0.2) is 0 Å². The monoisotopic (exact) mass is 269 g/mol. The summed E-state index contributed by atoms with van der Waals surface area (Å²) >= 11 is 0. The van der Waals surface area contributed by atoms with Crippen molar-refractivity contribution in [1.29, 1.82) is 0 Å². The number of hydrogen-bond acceptors (Lipinski definition) is 3. The van der Waals surface area contributed by atoms with Gasteiger partial charge < -0.3 is 10.4 Å². The molecule has 3 rings (SSSR count). The lowest BCUT2D eigenvalue weighted by molar-refractivity contribution is 0.248. The first kappa shape index (κ1) is 12.5. The van der Waals surface area contributed by atoms with Crippen molar-refractivity contribution in [2.45, 2.75) is 12.6 Å². The molecule has 1 aliphatic rings. The number of amides is 2. The van der Waals surface area contributed by atoms with Crippen LogP contribution in [0, 0.1) is 0 Å². The van der Waals surface area contributed by atoms with E-state index in [2.05, 4.69) is 10.7 Å². The van der Waals surface area contributed by atoms with Crippen molar-refractivity contribution < 1.29 is 9.90 Å². The van der Waals surface area contributed by atoms with Crippen molar-refractivity contribution in [3.05, 3.63) is 60.2 Å². The molecule has 0 saturated carbocycles. The van der Waals surface area contributed by atoms with Crippen molar-refractivity contribution >= 4 is 11.7 Å². The van der Waals surface area contributed by atoms with E-state index in [-0.39, 0.29) is 11.8 Å². The number of hydrazine groups is 1. The van der Waals surface area contributed by atoms with Gasteiger partial charge in [-0.2, -0.15) is 5.43 Å². The summed E-state index contributed by atoms with van der Waals surface area (Å²) in [5.74, 6) is 0.196. The molecule has 2 aromatic rings. The predicted octanol–water partition coefficient (Wildman–Crippen LogP) is 2.30. The van der Waals surface area contributed by atoms with E-state index in [1.54, 1.807) is 24.3 Å². The van der Waals surface area contributed by atoms with Gasteiger partial charge in [0.2, 0.25) is 0 Å². The molecule has 1 atom stereocenters. The van der Waals surface area contributed by atoms with E-state index < -0.39 is 5.66 Å². The van der Waals surface area contributed by atoms with Crippen LogP contribution >= 0.6 is 0 Å². The summed E-state index contributed by atoms with van der Waals surface area (Å²) in [6.07, 6.45) is 0. The summed E-state index contributed by atoms with van der Waals surface area (Å²) in [5.41, 5.74) is 4.09. The zero-order valence-corrected chi connectivity index (χ0v) is 11.0. The lowest BCUT2D eigenvalue weighted by Gasteiger charge is -2.25. The second kappa shape index (κ2) is 4.54. The number of aromatic hydroxyl groups is 1. The Labute approximate surface area is 116 Å². The van der Waals surface area contributed by atoms with Gasteiger partial charge in [0.25, 0.3) is 0 Å². The number of phenolic OH excluding ortho intramolecular Hbond substituents is 1. The minimum atomic E-state index is -0.708. The fraction of sp³-hybridized carbons (Fsp3) is 0.133. The van der Waals surface area contributed by atoms with Crippen molar-refractivity contribution in [3.8, 4) is 5.75 Å². The van der Waals surface area contributed by atoms with Crippen molar-refractivity contribution in [3.63, 3.8) is 0 Å². The number of hydrogen-bond donors (Lipinski definition) is 3. The van der Waals surface area contributed by atoms with Crippen LogP contribution < -0.4 is 15.8 Å². The Kier molecular flexibility index (Phi) is 2.84. The Balaban J connectivity index is 1.91. The number of carbonyl (C=O) groups is 1. The van der Waals surface area contributed by atoms with E-state index in [1.807, 2.05) is 37.3 Å². The smallest absolute Gasteiger partial charge is 0.338 e. The van der Waals surface area contributed by atoms with Crippen LogP contribution in [0.5, 0.6) is 5.75 Å². The van der Waals surface area contributed by atoms with E-state index in [1.165, 1.54) is 5.01 Å². The van der Waals surface area contributed by atoms with Gasteiger partial charge in [-0.3, -0.25) is 0 Å². The minimum absolute atomic E-state index is 0.196. The molecule has 0 radical (unpaired) electrons. The first-order valence-corrected chi connectivity index (χ1v) is 6.33. The van der Waals surface area contributed by atoms with E-state index in [0.717, 1.165) is 11.3 Å². The Morgan fingerprint density at radius 1 is 1.05 bits per heavy atom. The molecule has 5 nitrogen and oxygen atoms in total. The number of phenols is 1. The number of carbonyl (C=O) groups excluding carboxylic acids is 1. The van der Waals surface area contributed by atoms with Crippen LogP contribution in [0.1, 0.15) is 12.5 Å². The van der Waals surface area contributed by atoms with Crippen molar-refractivity contribution in [2.75, 3.05) is 5.01 Å². The summed E-state index contributed by atoms with van der Waals surface area (Å²) in [6, 6.07) is 15.9. The number of nitrogens with one attached hydrogen (secondary N) is 2. The number of nitrogens with zero attached hydrogens (tertiary/aromatic N) is 1. The largest absolute Gasteiger partial charge is 0.508 e. The minimum Gasteiger partial charge on any atom is -0.508 e. The molecule has 0 aromatic heterocycles. The fourth-order valence-corrected chi connectivity index (χ4v) is 2.26. The van der Waals surface area contributed by atoms with Crippen LogP contribution in [0.3, 0.4) is 0 Å². The lowest BCUT2D eigenvalue weighted by Crippen LogP contribution is -2.45. The molecule has 5 heteroatoms. The van der Waals surface area contributed by atoms with E-state index >= 15 is 0 Å². The Morgan fingerprint density at radius 3 is 2.35 bits per heavy atom. The molecule has 2 aromatic carbocycles. The van der Waals surface area contributed by atoms with Crippen LogP contribution in [-0.2, 0) is 5.66 Å². The maximum Gasteiger partial charge on any atom is 0.338 e. The first-order chi connectivity index (χ1) is 9.58. The normalized spacial score (nSPS) is 21.9. The topological polar surface area (TPSA) is 64.6 Å². The van der Waals surface area contributed by atoms with Crippen LogP contribution in [0.25, 0.3) is 0 Å². The Morgan fingerprint density at radius 2 is 1.70 bits per heavy atom. The summed E-state index contributed by atoms with van der Waals surface area (Å²) in [6.45, 7) is 1.88. The number of rotatable bonds is 2. The summed E-state index contributed by atoms with van der Waals surface area (Å²) in [7, 11) is 0.